The van der Waals surface area contributed by atoms with E-state index in [1.54, 1.807) is 0 Å². The van der Waals surface area contributed by atoms with Gasteiger partial charge < -0.3 is 0 Å². The predicted molar refractivity (Wildman–Crippen MR) is 54.2 cm³/mol. The fourth-order valence-corrected chi connectivity index (χ4v) is 1.59. The maximum absolute atomic E-state index is 8.32. The van der Waals surface area contributed by atoms with Crippen molar-refractivity contribution >= 4 is 16.5 Å². The molecule has 2 rings (SSSR count). The van der Waals surface area contributed by atoms with Crippen LogP contribution in [-0.4, -0.2) is 9.59 Å². The molecule has 0 saturated heterocycles. The number of rotatable bonds is 2. The van der Waals surface area contributed by atoms with Gasteiger partial charge in [0.05, 0.1) is 0 Å². The first-order valence-electron chi connectivity index (χ1n) is 3.84. The smallest absolute Gasteiger partial charge is 0.138 e. The van der Waals surface area contributed by atoms with E-state index in [0.717, 1.165) is 17.1 Å². The highest BCUT2D eigenvalue weighted by Gasteiger charge is 2.07. The molecular formula is C8H5N5S. The number of hydrogen-bond acceptors (Lipinski definition) is 4. The highest BCUT2D eigenvalue weighted by molar-refractivity contribution is 7.10. The molecule has 1 heterocycles. The SMILES string of the molecule is [N-]=[N+]=Nc1snnc1-c1ccccc1. The summed E-state index contributed by atoms with van der Waals surface area (Å²) in [6, 6.07) is 9.50. The van der Waals surface area contributed by atoms with Crippen molar-refractivity contribution in [1.82, 2.24) is 9.59 Å². The van der Waals surface area contributed by atoms with Crippen LogP contribution in [0.1, 0.15) is 0 Å². The van der Waals surface area contributed by atoms with Gasteiger partial charge in [0.2, 0.25) is 0 Å². The third-order valence-electron chi connectivity index (χ3n) is 1.65. The summed E-state index contributed by atoms with van der Waals surface area (Å²) in [5.74, 6) is 0. The number of nitrogens with zero attached hydrogens (tertiary/aromatic N) is 5. The first-order valence-corrected chi connectivity index (χ1v) is 4.62. The Hall–Kier alpha value is -1.91. The normalized spacial score (nSPS) is 9.43. The summed E-state index contributed by atoms with van der Waals surface area (Å²) in [6.45, 7) is 0. The van der Waals surface area contributed by atoms with E-state index in [4.69, 9.17) is 5.53 Å². The summed E-state index contributed by atoms with van der Waals surface area (Å²) in [5, 5.41) is 7.92. The van der Waals surface area contributed by atoms with Crippen molar-refractivity contribution in [3.8, 4) is 11.3 Å². The molecule has 0 N–H and O–H groups in total. The van der Waals surface area contributed by atoms with Gasteiger partial charge in [0, 0.05) is 10.5 Å². The zero-order valence-electron chi connectivity index (χ0n) is 7.03. The first-order chi connectivity index (χ1) is 6.92. The molecule has 0 radical (unpaired) electrons. The molecule has 0 bridgehead atoms. The fourth-order valence-electron chi connectivity index (χ4n) is 1.07. The van der Waals surface area contributed by atoms with Crippen molar-refractivity contribution in [3.05, 3.63) is 40.8 Å². The summed E-state index contributed by atoms with van der Waals surface area (Å²) in [6.07, 6.45) is 0. The molecule has 0 aliphatic rings. The highest BCUT2D eigenvalue weighted by Crippen LogP contribution is 2.30. The van der Waals surface area contributed by atoms with Gasteiger partial charge in [-0.1, -0.05) is 34.8 Å². The van der Waals surface area contributed by atoms with Crippen LogP contribution in [0.4, 0.5) is 5.00 Å². The molecule has 0 saturated carbocycles. The van der Waals surface area contributed by atoms with Gasteiger partial charge in [0.25, 0.3) is 0 Å². The molecule has 0 amide bonds. The van der Waals surface area contributed by atoms with Crippen molar-refractivity contribution in [3.63, 3.8) is 0 Å². The van der Waals surface area contributed by atoms with Gasteiger partial charge in [-0.05, 0) is 22.2 Å². The number of benzene rings is 1. The maximum atomic E-state index is 8.32. The Labute approximate surface area is 83.8 Å². The van der Waals surface area contributed by atoms with Crippen LogP contribution in [0, 0.1) is 0 Å². The van der Waals surface area contributed by atoms with Crippen molar-refractivity contribution < 1.29 is 0 Å². The summed E-state index contributed by atoms with van der Waals surface area (Å²) < 4.78 is 3.74. The predicted octanol–water partition coefficient (Wildman–Crippen LogP) is 3.15. The number of azide groups is 1. The van der Waals surface area contributed by atoms with Crippen LogP contribution >= 0.6 is 11.5 Å². The van der Waals surface area contributed by atoms with E-state index in [-0.39, 0.29) is 0 Å². The molecule has 0 atom stereocenters. The van der Waals surface area contributed by atoms with Gasteiger partial charge in [0.15, 0.2) is 0 Å². The second kappa shape index (κ2) is 3.87. The second-order valence-electron chi connectivity index (χ2n) is 2.48. The molecule has 5 nitrogen and oxygen atoms in total. The molecule has 0 spiro atoms. The van der Waals surface area contributed by atoms with Crippen LogP contribution in [0.15, 0.2) is 35.4 Å². The minimum absolute atomic E-state index is 0.499. The highest BCUT2D eigenvalue weighted by atomic mass is 32.1. The van der Waals surface area contributed by atoms with Crippen molar-refractivity contribution in [2.45, 2.75) is 0 Å². The minimum atomic E-state index is 0.499. The van der Waals surface area contributed by atoms with Gasteiger partial charge in [-0.15, -0.1) is 5.10 Å². The van der Waals surface area contributed by atoms with Crippen molar-refractivity contribution in [1.29, 1.82) is 0 Å². The lowest BCUT2D eigenvalue weighted by molar-refractivity contribution is 1.16. The van der Waals surface area contributed by atoms with Crippen LogP contribution in [0.3, 0.4) is 0 Å². The van der Waals surface area contributed by atoms with Crippen LogP contribution in [0.2, 0.25) is 0 Å². The van der Waals surface area contributed by atoms with Crippen LogP contribution in [0.25, 0.3) is 21.7 Å². The summed E-state index contributed by atoms with van der Waals surface area (Å²) >= 11 is 1.09. The Bertz CT molecular complexity index is 471. The largest absolute Gasteiger partial charge is 0.139 e. The molecule has 0 fully saturated rings. The molecule has 1 aromatic carbocycles. The Balaban J connectivity index is 2.52. The van der Waals surface area contributed by atoms with Crippen LogP contribution < -0.4 is 0 Å². The first kappa shape index (κ1) is 8.68. The third-order valence-corrected chi connectivity index (χ3v) is 2.26. The quantitative estimate of drug-likeness (QED) is 0.427. The molecule has 0 aliphatic carbocycles. The Morgan fingerprint density at radius 2 is 2.07 bits per heavy atom. The van der Waals surface area contributed by atoms with E-state index in [2.05, 4.69) is 19.6 Å². The molecule has 1 aromatic heterocycles. The Morgan fingerprint density at radius 3 is 2.79 bits per heavy atom. The van der Waals surface area contributed by atoms with Gasteiger partial charge in [-0.25, -0.2) is 0 Å². The lowest BCUT2D eigenvalue weighted by Crippen LogP contribution is -1.76. The van der Waals surface area contributed by atoms with Gasteiger partial charge in [-0.3, -0.25) is 0 Å². The fraction of sp³-hybridized carbons (Fsp3) is 0. The van der Waals surface area contributed by atoms with Crippen LogP contribution in [0.5, 0.6) is 0 Å². The van der Waals surface area contributed by atoms with E-state index >= 15 is 0 Å². The molecule has 0 aliphatic heterocycles. The minimum Gasteiger partial charge on any atom is -0.138 e. The van der Waals surface area contributed by atoms with Gasteiger partial charge in [-0.2, -0.15) is 0 Å². The standard InChI is InChI=1S/C8H5N5S/c9-12-11-8-7(10-13-14-8)6-4-2-1-3-5-6/h1-5H. The second-order valence-corrected chi connectivity index (χ2v) is 3.21. The van der Waals surface area contributed by atoms with E-state index in [9.17, 15) is 0 Å². The number of aromatic nitrogens is 2. The van der Waals surface area contributed by atoms with Crippen molar-refractivity contribution in [2.24, 2.45) is 5.11 Å². The zero-order valence-corrected chi connectivity index (χ0v) is 7.85. The molecule has 2 aromatic rings. The Kier molecular flexibility index (Phi) is 2.40. The molecule has 6 heteroatoms. The lowest BCUT2D eigenvalue weighted by atomic mass is 10.2. The average molecular weight is 203 g/mol. The Morgan fingerprint density at radius 1 is 1.29 bits per heavy atom. The lowest BCUT2D eigenvalue weighted by Gasteiger charge is -1.94. The van der Waals surface area contributed by atoms with E-state index in [1.807, 2.05) is 30.3 Å². The van der Waals surface area contributed by atoms with Gasteiger partial charge >= 0.3 is 0 Å². The van der Waals surface area contributed by atoms with E-state index < -0.39 is 0 Å². The van der Waals surface area contributed by atoms with Crippen molar-refractivity contribution in [2.75, 3.05) is 0 Å². The summed E-state index contributed by atoms with van der Waals surface area (Å²) in [7, 11) is 0. The summed E-state index contributed by atoms with van der Waals surface area (Å²) in [5.41, 5.74) is 9.86. The molecule has 0 unspecified atom stereocenters. The number of hydrogen-bond donors (Lipinski definition) is 0. The third kappa shape index (κ3) is 1.56. The average Bonchev–Trinajstić information content (AvgIpc) is 2.68. The van der Waals surface area contributed by atoms with Gasteiger partial charge in [0.1, 0.15) is 10.7 Å². The van der Waals surface area contributed by atoms with E-state index in [1.165, 1.54) is 0 Å². The van der Waals surface area contributed by atoms with Crippen LogP contribution in [-0.2, 0) is 0 Å². The monoisotopic (exact) mass is 203 g/mol. The molecular weight excluding hydrogens is 198 g/mol. The molecule has 68 valence electrons. The maximum Gasteiger partial charge on any atom is 0.139 e. The topological polar surface area (TPSA) is 74.5 Å². The molecule has 14 heavy (non-hydrogen) atoms. The van der Waals surface area contributed by atoms with E-state index in [0.29, 0.717) is 10.7 Å². The zero-order chi connectivity index (χ0) is 9.80. The summed E-state index contributed by atoms with van der Waals surface area (Å²) in [4.78, 5) is 2.72.